The highest BCUT2D eigenvalue weighted by Gasteiger charge is 2.00. The maximum atomic E-state index is 2.33. The van der Waals surface area contributed by atoms with Gasteiger partial charge >= 0.3 is 0 Å². The van der Waals surface area contributed by atoms with Crippen LogP contribution in [-0.4, -0.2) is 49.1 Å². The van der Waals surface area contributed by atoms with E-state index in [4.69, 9.17) is 0 Å². The standard InChI is InChI=1S/C12H26N2/c1-11(2)13(5)9-7-8-10-14(6)12(3)4/h7-8,11-12H,9-10H2,1-6H3/b8-7+. The molecule has 0 aromatic carbocycles. The molecule has 84 valence electrons. The summed E-state index contributed by atoms with van der Waals surface area (Å²) < 4.78 is 0. The minimum Gasteiger partial charge on any atom is -0.300 e. The van der Waals surface area contributed by atoms with E-state index in [9.17, 15) is 0 Å². The molecule has 0 fully saturated rings. The SMILES string of the molecule is CC(C)N(C)C/C=C/CN(C)C(C)C. The number of likely N-dealkylation sites (N-methyl/N-ethyl adjacent to an activating group) is 2. The highest BCUT2D eigenvalue weighted by molar-refractivity contribution is 4.87. The summed E-state index contributed by atoms with van der Waals surface area (Å²) in [5.41, 5.74) is 0. The van der Waals surface area contributed by atoms with Gasteiger partial charge < -0.3 is 9.80 Å². The van der Waals surface area contributed by atoms with Gasteiger partial charge in [0.2, 0.25) is 0 Å². The molecular formula is C12H26N2. The number of nitrogens with zero attached hydrogens (tertiary/aromatic N) is 2. The molecule has 0 bridgehead atoms. The molecule has 0 radical (unpaired) electrons. The van der Waals surface area contributed by atoms with Crippen LogP contribution in [0.5, 0.6) is 0 Å². The summed E-state index contributed by atoms with van der Waals surface area (Å²) in [6.07, 6.45) is 4.50. The Hall–Kier alpha value is -0.340. The third-order valence-electron chi connectivity index (χ3n) is 2.72. The Morgan fingerprint density at radius 2 is 1.07 bits per heavy atom. The zero-order chi connectivity index (χ0) is 11.1. The summed E-state index contributed by atoms with van der Waals surface area (Å²) in [7, 11) is 4.31. The van der Waals surface area contributed by atoms with Crippen molar-refractivity contribution in [3.05, 3.63) is 12.2 Å². The van der Waals surface area contributed by atoms with Crippen LogP contribution in [-0.2, 0) is 0 Å². The summed E-state index contributed by atoms with van der Waals surface area (Å²) in [6.45, 7) is 11.0. The van der Waals surface area contributed by atoms with Crippen LogP contribution in [0.2, 0.25) is 0 Å². The molecule has 0 aliphatic heterocycles. The summed E-state index contributed by atoms with van der Waals surface area (Å²) in [5, 5.41) is 0. The van der Waals surface area contributed by atoms with E-state index in [1.54, 1.807) is 0 Å². The lowest BCUT2D eigenvalue weighted by molar-refractivity contribution is 0.295. The molecule has 0 N–H and O–H groups in total. The van der Waals surface area contributed by atoms with Crippen LogP contribution in [0, 0.1) is 0 Å². The van der Waals surface area contributed by atoms with Gasteiger partial charge in [0.05, 0.1) is 0 Å². The summed E-state index contributed by atoms with van der Waals surface area (Å²) in [5.74, 6) is 0. The lowest BCUT2D eigenvalue weighted by Gasteiger charge is -2.20. The third-order valence-corrected chi connectivity index (χ3v) is 2.72. The molecule has 0 aliphatic carbocycles. The van der Waals surface area contributed by atoms with E-state index in [1.165, 1.54) is 0 Å². The van der Waals surface area contributed by atoms with Crippen molar-refractivity contribution in [2.24, 2.45) is 0 Å². The lowest BCUT2D eigenvalue weighted by atomic mass is 10.3. The van der Waals surface area contributed by atoms with E-state index in [2.05, 4.69) is 63.7 Å². The Morgan fingerprint density at radius 3 is 1.29 bits per heavy atom. The molecule has 0 heterocycles. The second-order valence-corrected chi connectivity index (χ2v) is 4.54. The van der Waals surface area contributed by atoms with E-state index in [0.29, 0.717) is 12.1 Å². The smallest absolute Gasteiger partial charge is 0.0163 e. The molecule has 0 saturated carbocycles. The van der Waals surface area contributed by atoms with Crippen LogP contribution in [0.25, 0.3) is 0 Å². The predicted molar refractivity (Wildman–Crippen MR) is 64.7 cm³/mol. The van der Waals surface area contributed by atoms with Crippen molar-refractivity contribution in [2.75, 3.05) is 27.2 Å². The van der Waals surface area contributed by atoms with Gasteiger partial charge in [-0.15, -0.1) is 0 Å². The van der Waals surface area contributed by atoms with E-state index >= 15 is 0 Å². The van der Waals surface area contributed by atoms with Crippen molar-refractivity contribution < 1.29 is 0 Å². The number of hydrogen-bond donors (Lipinski definition) is 0. The molecule has 0 saturated heterocycles. The first kappa shape index (κ1) is 13.7. The molecular weight excluding hydrogens is 172 g/mol. The molecule has 0 spiro atoms. The Kier molecular flexibility index (Phi) is 6.85. The average Bonchev–Trinajstić information content (AvgIpc) is 2.11. The normalized spacial score (nSPS) is 13.0. The highest BCUT2D eigenvalue weighted by Crippen LogP contribution is 1.95. The van der Waals surface area contributed by atoms with Gasteiger partial charge in [0.15, 0.2) is 0 Å². The van der Waals surface area contributed by atoms with Gasteiger partial charge in [-0.25, -0.2) is 0 Å². The van der Waals surface area contributed by atoms with Gasteiger partial charge in [-0.1, -0.05) is 12.2 Å². The van der Waals surface area contributed by atoms with Gasteiger partial charge in [-0.2, -0.15) is 0 Å². The molecule has 2 heteroatoms. The second-order valence-electron chi connectivity index (χ2n) is 4.54. The number of hydrogen-bond acceptors (Lipinski definition) is 2. The summed E-state index contributed by atoms with van der Waals surface area (Å²) >= 11 is 0. The zero-order valence-corrected chi connectivity index (χ0v) is 10.6. The monoisotopic (exact) mass is 198 g/mol. The Bertz CT molecular complexity index is 144. The van der Waals surface area contributed by atoms with Crippen molar-refractivity contribution in [1.82, 2.24) is 9.80 Å². The van der Waals surface area contributed by atoms with Crippen LogP contribution in [0.1, 0.15) is 27.7 Å². The van der Waals surface area contributed by atoms with Crippen LogP contribution < -0.4 is 0 Å². The maximum Gasteiger partial charge on any atom is 0.0163 e. The van der Waals surface area contributed by atoms with Gasteiger partial charge in [0, 0.05) is 25.2 Å². The van der Waals surface area contributed by atoms with E-state index in [1.807, 2.05) is 0 Å². The fourth-order valence-corrected chi connectivity index (χ4v) is 0.903. The van der Waals surface area contributed by atoms with E-state index < -0.39 is 0 Å². The minimum absolute atomic E-state index is 0.627. The van der Waals surface area contributed by atoms with Crippen molar-refractivity contribution >= 4 is 0 Å². The quantitative estimate of drug-likeness (QED) is 0.604. The Labute approximate surface area is 89.6 Å². The molecule has 0 aromatic rings. The fraction of sp³-hybridized carbons (Fsp3) is 0.833. The maximum absolute atomic E-state index is 2.33. The van der Waals surface area contributed by atoms with Gasteiger partial charge in [-0.3, -0.25) is 0 Å². The first-order valence-electron chi connectivity index (χ1n) is 5.50. The molecule has 0 amide bonds. The van der Waals surface area contributed by atoms with E-state index in [-0.39, 0.29) is 0 Å². The van der Waals surface area contributed by atoms with Crippen molar-refractivity contribution in [3.63, 3.8) is 0 Å². The average molecular weight is 198 g/mol. The van der Waals surface area contributed by atoms with Crippen molar-refractivity contribution in [2.45, 2.75) is 39.8 Å². The predicted octanol–water partition coefficient (Wildman–Crippen LogP) is 2.22. The molecule has 0 aromatic heterocycles. The fourth-order valence-electron chi connectivity index (χ4n) is 0.903. The zero-order valence-electron chi connectivity index (χ0n) is 10.6. The largest absolute Gasteiger partial charge is 0.300 e. The van der Waals surface area contributed by atoms with E-state index in [0.717, 1.165) is 13.1 Å². The summed E-state index contributed by atoms with van der Waals surface area (Å²) in [6, 6.07) is 1.25. The first-order valence-corrected chi connectivity index (χ1v) is 5.50. The molecule has 0 unspecified atom stereocenters. The first-order chi connectivity index (χ1) is 6.45. The molecule has 0 atom stereocenters. The molecule has 2 nitrogen and oxygen atoms in total. The highest BCUT2D eigenvalue weighted by atomic mass is 15.1. The van der Waals surface area contributed by atoms with Gasteiger partial charge in [0.25, 0.3) is 0 Å². The van der Waals surface area contributed by atoms with Crippen molar-refractivity contribution in [1.29, 1.82) is 0 Å². The lowest BCUT2D eigenvalue weighted by Crippen LogP contribution is -2.27. The van der Waals surface area contributed by atoms with Crippen LogP contribution in [0.3, 0.4) is 0 Å². The Balaban J connectivity index is 3.64. The van der Waals surface area contributed by atoms with Gasteiger partial charge in [-0.05, 0) is 41.8 Å². The Morgan fingerprint density at radius 1 is 0.786 bits per heavy atom. The summed E-state index contributed by atoms with van der Waals surface area (Å²) in [4.78, 5) is 4.65. The van der Waals surface area contributed by atoms with Crippen LogP contribution in [0.15, 0.2) is 12.2 Å². The van der Waals surface area contributed by atoms with Crippen molar-refractivity contribution in [3.8, 4) is 0 Å². The molecule has 0 aliphatic rings. The van der Waals surface area contributed by atoms with Crippen LogP contribution >= 0.6 is 0 Å². The van der Waals surface area contributed by atoms with Gasteiger partial charge in [0.1, 0.15) is 0 Å². The second kappa shape index (κ2) is 7.02. The van der Waals surface area contributed by atoms with Crippen LogP contribution in [0.4, 0.5) is 0 Å². The topological polar surface area (TPSA) is 6.48 Å². The molecule has 14 heavy (non-hydrogen) atoms. The minimum atomic E-state index is 0.627. The molecule has 0 rings (SSSR count). The number of rotatable bonds is 6. The third kappa shape index (κ3) is 6.17.